The van der Waals surface area contributed by atoms with Crippen molar-refractivity contribution < 1.29 is 4.79 Å². The van der Waals surface area contributed by atoms with Crippen LogP contribution in [0.5, 0.6) is 0 Å². The Kier molecular flexibility index (Phi) is 4.81. The highest BCUT2D eigenvalue weighted by molar-refractivity contribution is 8.00. The second kappa shape index (κ2) is 5.66. The number of hydrogen-bond donors (Lipinski definition) is 1. The third kappa shape index (κ3) is 3.69. The molecule has 2 atom stereocenters. The number of carbonyl (C=O) groups excluding carboxylic acids is 1. The zero-order valence-electron chi connectivity index (χ0n) is 8.29. The summed E-state index contributed by atoms with van der Waals surface area (Å²) in [5.74, 6) is 1.49. The minimum Gasteiger partial charge on any atom is -0.321 e. The molecule has 2 nitrogen and oxygen atoms in total. The molecule has 0 saturated carbocycles. The van der Waals surface area contributed by atoms with Crippen molar-refractivity contribution >= 4 is 17.5 Å². The third-order valence-corrected chi connectivity index (χ3v) is 3.87. The Labute approximate surface area is 84.6 Å². The van der Waals surface area contributed by atoms with E-state index in [2.05, 4.69) is 0 Å². The minimum atomic E-state index is -0.199. The van der Waals surface area contributed by atoms with E-state index in [1.165, 1.54) is 18.6 Å². The van der Waals surface area contributed by atoms with Crippen molar-refractivity contribution in [2.45, 2.75) is 50.3 Å². The lowest BCUT2D eigenvalue weighted by Gasteiger charge is -2.14. The van der Waals surface area contributed by atoms with Crippen LogP contribution < -0.4 is 5.73 Å². The molecule has 0 aliphatic carbocycles. The Bertz CT molecular complexity index is 166. The molecule has 1 unspecified atom stereocenters. The Balaban J connectivity index is 2.22. The van der Waals surface area contributed by atoms with Gasteiger partial charge in [0.2, 0.25) is 0 Å². The number of thioether (sulfide) groups is 1. The lowest BCUT2D eigenvalue weighted by Crippen LogP contribution is -2.32. The third-order valence-electron chi connectivity index (χ3n) is 2.45. The van der Waals surface area contributed by atoms with Crippen molar-refractivity contribution in [1.82, 2.24) is 0 Å². The van der Waals surface area contributed by atoms with E-state index in [1.807, 2.05) is 18.7 Å². The van der Waals surface area contributed by atoms with E-state index in [0.717, 1.165) is 12.8 Å². The molecule has 76 valence electrons. The van der Waals surface area contributed by atoms with E-state index in [4.69, 9.17) is 5.73 Å². The van der Waals surface area contributed by atoms with Gasteiger partial charge in [-0.1, -0.05) is 6.92 Å². The zero-order valence-corrected chi connectivity index (χ0v) is 9.11. The van der Waals surface area contributed by atoms with Crippen molar-refractivity contribution in [3.8, 4) is 0 Å². The molecule has 13 heavy (non-hydrogen) atoms. The van der Waals surface area contributed by atoms with Crippen LogP contribution in [0.1, 0.15) is 39.0 Å². The van der Waals surface area contributed by atoms with Crippen molar-refractivity contribution in [2.24, 2.45) is 5.73 Å². The molecular formula is C10H19NOS. The number of nitrogens with two attached hydrogens (primary N) is 1. The van der Waals surface area contributed by atoms with Gasteiger partial charge in [0.25, 0.3) is 0 Å². The summed E-state index contributed by atoms with van der Waals surface area (Å²) in [6.07, 6.45) is 5.01. The summed E-state index contributed by atoms with van der Waals surface area (Å²) in [5.41, 5.74) is 5.82. The number of ketones is 1. The fraction of sp³-hybridized carbons (Fsp3) is 0.900. The van der Waals surface area contributed by atoms with Crippen molar-refractivity contribution in [3.05, 3.63) is 0 Å². The molecule has 0 spiro atoms. The molecule has 1 fully saturated rings. The van der Waals surface area contributed by atoms with Gasteiger partial charge in [0.1, 0.15) is 5.78 Å². The van der Waals surface area contributed by atoms with Gasteiger partial charge >= 0.3 is 0 Å². The highest BCUT2D eigenvalue weighted by Gasteiger charge is 2.21. The van der Waals surface area contributed by atoms with Gasteiger partial charge in [0, 0.05) is 11.7 Å². The zero-order chi connectivity index (χ0) is 9.68. The molecular weight excluding hydrogens is 182 g/mol. The summed E-state index contributed by atoms with van der Waals surface area (Å²) in [6.45, 7) is 2.02. The summed E-state index contributed by atoms with van der Waals surface area (Å²) in [7, 11) is 0. The highest BCUT2D eigenvalue weighted by atomic mass is 32.2. The summed E-state index contributed by atoms with van der Waals surface area (Å²) in [5, 5.41) is 0.649. The van der Waals surface area contributed by atoms with Crippen LogP contribution in [0.2, 0.25) is 0 Å². The van der Waals surface area contributed by atoms with Gasteiger partial charge in [-0.05, 0) is 31.4 Å². The summed E-state index contributed by atoms with van der Waals surface area (Å²) in [4.78, 5) is 11.4. The largest absolute Gasteiger partial charge is 0.321 e. The molecule has 0 aromatic carbocycles. The molecule has 1 rings (SSSR count). The van der Waals surface area contributed by atoms with E-state index in [0.29, 0.717) is 11.7 Å². The molecule has 0 aromatic heterocycles. The fourth-order valence-electron chi connectivity index (χ4n) is 1.68. The lowest BCUT2D eigenvalue weighted by atomic mass is 10.0. The second-order valence-electron chi connectivity index (χ2n) is 3.69. The van der Waals surface area contributed by atoms with Crippen molar-refractivity contribution in [3.63, 3.8) is 0 Å². The molecule has 1 aliphatic heterocycles. The van der Waals surface area contributed by atoms with Gasteiger partial charge in [-0.15, -0.1) is 0 Å². The standard InChI is InChI=1S/C10H19NOS/c1-2-4-10(12)9(11)7-8-5-3-6-13-8/h8-9H,2-7,11H2,1H3/t8?,9-/m0/s1. The van der Waals surface area contributed by atoms with Crippen LogP contribution in [-0.4, -0.2) is 22.8 Å². The first-order valence-electron chi connectivity index (χ1n) is 5.14. The first kappa shape index (κ1) is 11.1. The van der Waals surface area contributed by atoms with Gasteiger partial charge in [-0.25, -0.2) is 0 Å². The summed E-state index contributed by atoms with van der Waals surface area (Å²) >= 11 is 1.97. The molecule has 0 amide bonds. The van der Waals surface area contributed by atoms with Crippen LogP contribution in [0.3, 0.4) is 0 Å². The van der Waals surface area contributed by atoms with Gasteiger partial charge in [-0.3, -0.25) is 4.79 Å². The van der Waals surface area contributed by atoms with Crippen molar-refractivity contribution in [2.75, 3.05) is 5.75 Å². The number of rotatable bonds is 5. The van der Waals surface area contributed by atoms with Gasteiger partial charge in [-0.2, -0.15) is 11.8 Å². The first-order valence-corrected chi connectivity index (χ1v) is 6.18. The second-order valence-corrected chi connectivity index (χ2v) is 5.10. The summed E-state index contributed by atoms with van der Waals surface area (Å²) < 4.78 is 0. The molecule has 0 radical (unpaired) electrons. The van der Waals surface area contributed by atoms with E-state index in [1.54, 1.807) is 0 Å². The first-order chi connectivity index (χ1) is 6.24. The molecule has 0 bridgehead atoms. The van der Waals surface area contributed by atoms with Gasteiger partial charge < -0.3 is 5.73 Å². The average Bonchev–Trinajstić information content (AvgIpc) is 2.57. The van der Waals surface area contributed by atoms with Crippen LogP contribution in [0, 0.1) is 0 Å². The predicted octanol–water partition coefficient (Wildman–Crippen LogP) is 1.97. The SMILES string of the molecule is CCCC(=O)[C@@H](N)CC1CCCS1. The van der Waals surface area contributed by atoms with E-state index < -0.39 is 0 Å². The van der Waals surface area contributed by atoms with Crippen LogP contribution in [-0.2, 0) is 4.79 Å². The van der Waals surface area contributed by atoms with E-state index in [9.17, 15) is 4.79 Å². The maximum Gasteiger partial charge on any atom is 0.149 e. The van der Waals surface area contributed by atoms with E-state index >= 15 is 0 Å². The molecule has 2 N–H and O–H groups in total. The van der Waals surface area contributed by atoms with Crippen molar-refractivity contribution in [1.29, 1.82) is 0 Å². The molecule has 1 aliphatic rings. The Morgan fingerprint density at radius 1 is 1.69 bits per heavy atom. The number of hydrogen-bond acceptors (Lipinski definition) is 3. The quantitative estimate of drug-likeness (QED) is 0.739. The predicted molar refractivity (Wildman–Crippen MR) is 58.0 cm³/mol. The van der Waals surface area contributed by atoms with Gasteiger partial charge in [0.05, 0.1) is 6.04 Å². The fourth-order valence-corrected chi connectivity index (χ4v) is 3.02. The number of carbonyl (C=O) groups is 1. The molecule has 1 saturated heterocycles. The maximum absolute atomic E-state index is 11.4. The topological polar surface area (TPSA) is 43.1 Å². The van der Waals surface area contributed by atoms with Crippen LogP contribution >= 0.6 is 11.8 Å². The average molecular weight is 201 g/mol. The smallest absolute Gasteiger partial charge is 0.149 e. The molecule has 3 heteroatoms. The van der Waals surface area contributed by atoms with Crippen LogP contribution in [0.15, 0.2) is 0 Å². The highest BCUT2D eigenvalue weighted by Crippen LogP contribution is 2.29. The number of Topliss-reactive ketones (excluding diaryl/α,β-unsaturated/α-hetero) is 1. The Morgan fingerprint density at radius 3 is 3.00 bits per heavy atom. The lowest BCUT2D eigenvalue weighted by molar-refractivity contribution is -0.120. The van der Waals surface area contributed by atoms with Crippen LogP contribution in [0.4, 0.5) is 0 Å². The maximum atomic E-state index is 11.4. The normalized spacial score (nSPS) is 24.6. The molecule has 0 aromatic rings. The van der Waals surface area contributed by atoms with E-state index in [-0.39, 0.29) is 11.8 Å². The van der Waals surface area contributed by atoms with Crippen LogP contribution in [0.25, 0.3) is 0 Å². The van der Waals surface area contributed by atoms with Gasteiger partial charge in [0.15, 0.2) is 0 Å². The Hall–Kier alpha value is -0.0200. The Morgan fingerprint density at radius 2 is 2.46 bits per heavy atom. The minimum absolute atomic E-state index is 0.199. The molecule has 1 heterocycles. The monoisotopic (exact) mass is 201 g/mol. The summed E-state index contributed by atoms with van der Waals surface area (Å²) in [6, 6.07) is -0.199.